The summed E-state index contributed by atoms with van der Waals surface area (Å²) in [6.07, 6.45) is 3.74. The van der Waals surface area contributed by atoms with Gasteiger partial charge in [0.05, 0.1) is 24.9 Å². The number of nitrogens with one attached hydrogen (secondary N) is 2. The maximum absolute atomic E-state index is 13.0. The summed E-state index contributed by atoms with van der Waals surface area (Å²) in [6, 6.07) is 11.8. The predicted octanol–water partition coefficient (Wildman–Crippen LogP) is 3.73. The number of pyridine rings is 1. The van der Waals surface area contributed by atoms with E-state index in [1.807, 2.05) is 41.3 Å². The minimum atomic E-state index is -0.422. The van der Waals surface area contributed by atoms with Crippen LogP contribution in [0.2, 0.25) is 0 Å². The number of hydrogen-bond donors (Lipinski definition) is 2. The summed E-state index contributed by atoms with van der Waals surface area (Å²) >= 11 is 0. The van der Waals surface area contributed by atoms with E-state index in [0.717, 1.165) is 35.1 Å². The number of likely N-dealkylation sites (tertiary alicyclic amines) is 1. The summed E-state index contributed by atoms with van der Waals surface area (Å²) in [6.45, 7) is 7.52. The number of ether oxygens (including phenoxy) is 1. The number of carbonyl (C=O) groups is 1. The van der Waals surface area contributed by atoms with Gasteiger partial charge in [-0.15, -0.1) is 0 Å². The van der Waals surface area contributed by atoms with Gasteiger partial charge in [0.1, 0.15) is 17.1 Å². The van der Waals surface area contributed by atoms with Crippen LogP contribution in [-0.4, -0.2) is 52.9 Å². The van der Waals surface area contributed by atoms with Gasteiger partial charge in [0.15, 0.2) is 5.82 Å². The summed E-state index contributed by atoms with van der Waals surface area (Å²) < 4.78 is 5.29. The molecular formula is C24H31N5O2. The van der Waals surface area contributed by atoms with E-state index in [0.29, 0.717) is 25.9 Å². The van der Waals surface area contributed by atoms with Crippen LogP contribution in [0.4, 0.5) is 11.5 Å². The smallest absolute Gasteiger partial charge is 0.222 e. The molecule has 2 aliphatic heterocycles. The molecule has 4 rings (SSSR count). The quantitative estimate of drug-likeness (QED) is 0.787. The molecule has 1 fully saturated rings. The van der Waals surface area contributed by atoms with Crippen molar-refractivity contribution in [2.24, 2.45) is 4.99 Å². The average molecular weight is 422 g/mol. The van der Waals surface area contributed by atoms with Crippen LogP contribution in [0.25, 0.3) is 0 Å². The fourth-order valence-corrected chi connectivity index (χ4v) is 4.18. The van der Waals surface area contributed by atoms with Gasteiger partial charge in [-0.2, -0.15) is 0 Å². The monoisotopic (exact) mass is 421 g/mol. The topological polar surface area (TPSA) is 78.8 Å². The van der Waals surface area contributed by atoms with Gasteiger partial charge >= 0.3 is 0 Å². The maximum atomic E-state index is 13.0. The highest BCUT2D eigenvalue weighted by atomic mass is 16.5. The molecular weight excluding hydrogens is 390 g/mol. The Morgan fingerprint density at radius 3 is 2.90 bits per heavy atom. The van der Waals surface area contributed by atoms with Gasteiger partial charge < -0.3 is 20.3 Å². The molecule has 164 valence electrons. The van der Waals surface area contributed by atoms with Crippen molar-refractivity contribution in [3.63, 3.8) is 0 Å². The zero-order chi connectivity index (χ0) is 22.1. The van der Waals surface area contributed by atoms with Crippen LogP contribution in [0, 0.1) is 0 Å². The van der Waals surface area contributed by atoms with Gasteiger partial charge in [-0.1, -0.05) is 12.1 Å². The third-order valence-electron chi connectivity index (χ3n) is 5.70. The highest BCUT2D eigenvalue weighted by molar-refractivity contribution is 6.09. The summed E-state index contributed by atoms with van der Waals surface area (Å²) in [7, 11) is 1.66. The van der Waals surface area contributed by atoms with E-state index in [2.05, 4.69) is 36.4 Å². The number of amidine groups is 1. The van der Waals surface area contributed by atoms with Gasteiger partial charge in [-0.25, -0.2) is 4.98 Å². The van der Waals surface area contributed by atoms with Crippen molar-refractivity contribution in [2.45, 2.75) is 51.1 Å². The Balaban J connectivity index is 1.50. The molecule has 3 heterocycles. The second-order valence-corrected chi connectivity index (χ2v) is 9.28. The van der Waals surface area contributed by atoms with Crippen LogP contribution < -0.4 is 15.4 Å². The lowest BCUT2D eigenvalue weighted by atomic mass is 9.93. The van der Waals surface area contributed by atoms with E-state index >= 15 is 0 Å². The molecule has 1 spiro atoms. The molecule has 2 aliphatic rings. The number of rotatable bonds is 4. The van der Waals surface area contributed by atoms with Crippen molar-refractivity contribution < 1.29 is 9.53 Å². The lowest BCUT2D eigenvalue weighted by Crippen LogP contribution is -2.55. The molecule has 1 aromatic carbocycles. The number of fused-ring (bicyclic) bond motifs is 1. The molecule has 2 aromatic rings. The first-order chi connectivity index (χ1) is 14.8. The largest absolute Gasteiger partial charge is 0.497 e. The first-order valence-corrected chi connectivity index (χ1v) is 10.8. The van der Waals surface area contributed by atoms with Gasteiger partial charge in [-0.05, 0) is 63.4 Å². The van der Waals surface area contributed by atoms with E-state index in [1.54, 1.807) is 13.3 Å². The lowest BCUT2D eigenvalue weighted by molar-refractivity contribution is -0.130. The molecule has 31 heavy (non-hydrogen) atoms. The molecule has 1 aromatic heterocycles. The standard InChI is InChI=1S/C24H31N5O2/c1-23(2,3)28-22-24(27-19-9-6-13-25-21(19)26-22)12-14-29(16-24)20(30)11-10-17-7-5-8-18(15-17)31-4/h5-9,13,15,27H,10-12,14,16H2,1-4H3,(H,25,26,28). The van der Waals surface area contributed by atoms with Crippen molar-refractivity contribution in [1.29, 1.82) is 0 Å². The number of methoxy groups -OCH3 is 1. The Kier molecular flexibility index (Phi) is 5.60. The molecule has 0 aliphatic carbocycles. The Labute approximate surface area is 183 Å². The zero-order valence-electron chi connectivity index (χ0n) is 18.7. The van der Waals surface area contributed by atoms with E-state index in [4.69, 9.17) is 9.73 Å². The normalized spacial score (nSPS) is 21.5. The van der Waals surface area contributed by atoms with Crippen molar-refractivity contribution in [2.75, 3.05) is 30.8 Å². The molecule has 1 saturated heterocycles. The second-order valence-electron chi connectivity index (χ2n) is 9.28. The minimum absolute atomic E-state index is 0.161. The molecule has 0 saturated carbocycles. The Bertz CT molecular complexity index is 997. The fraction of sp³-hybridized carbons (Fsp3) is 0.458. The van der Waals surface area contributed by atoms with Crippen LogP contribution in [0.3, 0.4) is 0 Å². The van der Waals surface area contributed by atoms with Gasteiger partial charge in [0.25, 0.3) is 0 Å². The van der Waals surface area contributed by atoms with Gasteiger partial charge in [0, 0.05) is 19.2 Å². The maximum Gasteiger partial charge on any atom is 0.222 e. The number of amides is 1. The van der Waals surface area contributed by atoms with Gasteiger partial charge in [-0.3, -0.25) is 9.79 Å². The summed E-state index contributed by atoms with van der Waals surface area (Å²) in [5.74, 6) is 2.61. The SMILES string of the molecule is COc1cccc(CCC(=O)N2CCC3(C2)Nc2cccnc2NC3=NC(C)(C)C)c1. The number of benzene rings is 1. The van der Waals surface area contributed by atoms with Crippen LogP contribution >= 0.6 is 0 Å². The van der Waals surface area contributed by atoms with Crippen LogP contribution in [0.5, 0.6) is 5.75 Å². The van der Waals surface area contributed by atoms with Crippen molar-refractivity contribution >= 4 is 23.2 Å². The molecule has 7 nitrogen and oxygen atoms in total. The molecule has 2 N–H and O–H groups in total. The van der Waals surface area contributed by atoms with Crippen molar-refractivity contribution in [3.8, 4) is 5.75 Å². The first-order valence-electron chi connectivity index (χ1n) is 10.8. The summed E-state index contributed by atoms with van der Waals surface area (Å²) in [5.41, 5.74) is 1.39. The number of hydrogen-bond acceptors (Lipinski definition) is 5. The molecule has 1 unspecified atom stereocenters. The summed E-state index contributed by atoms with van der Waals surface area (Å²) in [4.78, 5) is 24.4. The zero-order valence-corrected chi connectivity index (χ0v) is 18.7. The molecule has 0 radical (unpaired) electrons. The van der Waals surface area contributed by atoms with Crippen LogP contribution in [0.1, 0.15) is 39.2 Å². The number of aromatic nitrogens is 1. The van der Waals surface area contributed by atoms with E-state index < -0.39 is 5.54 Å². The number of anilines is 2. The van der Waals surface area contributed by atoms with Gasteiger partial charge in [0.2, 0.25) is 5.91 Å². The Hall–Kier alpha value is -3.09. The number of aliphatic imine (C=N–C) groups is 1. The van der Waals surface area contributed by atoms with E-state index in [1.165, 1.54) is 0 Å². The molecule has 0 bridgehead atoms. The predicted molar refractivity (Wildman–Crippen MR) is 124 cm³/mol. The van der Waals surface area contributed by atoms with Crippen molar-refractivity contribution in [3.05, 3.63) is 48.2 Å². The van der Waals surface area contributed by atoms with E-state index in [9.17, 15) is 4.79 Å². The fourth-order valence-electron chi connectivity index (χ4n) is 4.18. The number of carbonyl (C=O) groups excluding carboxylic acids is 1. The number of aryl methyl sites for hydroxylation is 1. The minimum Gasteiger partial charge on any atom is -0.497 e. The molecule has 7 heteroatoms. The molecule has 1 atom stereocenters. The third-order valence-corrected chi connectivity index (χ3v) is 5.70. The highest BCUT2D eigenvalue weighted by Gasteiger charge is 2.47. The Morgan fingerprint density at radius 1 is 1.29 bits per heavy atom. The lowest BCUT2D eigenvalue weighted by Gasteiger charge is -2.39. The first kappa shape index (κ1) is 21.2. The number of nitrogens with zero attached hydrogens (tertiary/aromatic N) is 3. The Morgan fingerprint density at radius 2 is 2.13 bits per heavy atom. The van der Waals surface area contributed by atoms with E-state index in [-0.39, 0.29) is 11.4 Å². The van der Waals surface area contributed by atoms with Crippen molar-refractivity contribution in [1.82, 2.24) is 9.88 Å². The molecule has 1 amide bonds. The second kappa shape index (κ2) is 8.21. The van der Waals surface area contributed by atoms with Crippen LogP contribution in [0.15, 0.2) is 47.6 Å². The average Bonchev–Trinajstić information content (AvgIpc) is 3.16. The summed E-state index contributed by atoms with van der Waals surface area (Å²) in [5, 5.41) is 7.09. The third kappa shape index (κ3) is 4.65. The highest BCUT2D eigenvalue weighted by Crippen LogP contribution is 2.36. The van der Waals surface area contributed by atoms with Crippen LogP contribution in [-0.2, 0) is 11.2 Å².